The third kappa shape index (κ3) is 4.57. The third-order valence-corrected chi connectivity index (χ3v) is 7.57. The molecular formula is C29H33N5O3. The van der Waals surface area contributed by atoms with Crippen molar-refractivity contribution in [1.29, 1.82) is 0 Å². The van der Waals surface area contributed by atoms with Gasteiger partial charge in [-0.2, -0.15) is 0 Å². The lowest BCUT2D eigenvalue weighted by Crippen LogP contribution is -2.59. The SMILES string of the molecule is CNC(C)C(=O)N[C@@H]1C(=O)N(Cc2c(C3CC3)cnc3ccccc23)c2ccccc2N(C(C)=O)[C@H]1C. The summed E-state index contributed by atoms with van der Waals surface area (Å²) in [5.41, 5.74) is 4.41. The fraction of sp³-hybridized carbons (Fsp3) is 0.379. The normalized spacial score (nSPS) is 20.4. The minimum Gasteiger partial charge on any atom is -0.341 e. The molecule has 1 saturated carbocycles. The number of fused-ring (bicyclic) bond motifs is 2. The Labute approximate surface area is 217 Å². The monoisotopic (exact) mass is 499 g/mol. The molecule has 0 bridgehead atoms. The van der Waals surface area contributed by atoms with E-state index in [1.54, 1.807) is 23.8 Å². The number of amides is 3. The smallest absolute Gasteiger partial charge is 0.252 e. The number of hydrogen-bond donors (Lipinski definition) is 2. The Morgan fingerprint density at radius 2 is 1.76 bits per heavy atom. The second kappa shape index (κ2) is 9.94. The van der Waals surface area contributed by atoms with Gasteiger partial charge in [-0.05, 0) is 69.0 Å². The van der Waals surface area contributed by atoms with Crippen molar-refractivity contribution in [2.24, 2.45) is 0 Å². The van der Waals surface area contributed by atoms with Gasteiger partial charge >= 0.3 is 0 Å². The van der Waals surface area contributed by atoms with Crippen LogP contribution in [0.1, 0.15) is 50.7 Å². The maximum absolute atomic E-state index is 14.3. The summed E-state index contributed by atoms with van der Waals surface area (Å²) in [6.45, 7) is 5.36. The van der Waals surface area contributed by atoms with Gasteiger partial charge in [-0.15, -0.1) is 0 Å². The highest BCUT2D eigenvalue weighted by molar-refractivity contribution is 6.08. The van der Waals surface area contributed by atoms with Gasteiger partial charge < -0.3 is 20.4 Å². The lowest BCUT2D eigenvalue weighted by Gasteiger charge is -2.32. The van der Waals surface area contributed by atoms with Crippen LogP contribution in [0.2, 0.25) is 0 Å². The first-order chi connectivity index (χ1) is 17.8. The number of rotatable bonds is 6. The molecule has 2 heterocycles. The predicted molar refractivity (Wildman–Crippen MR) is 144 cm³/mol. The van der Waals surface area contributed by atoms with Gasteiger partial charge in [0.2, 0.25) is 11.8 Å². The molecule has 3 amide bonds. The summed E-state index contributed by atoms with van der Waals surface area (Å²) in [5.74, 6) is -0.300. The van der Waals surface area contributed by atoms with Gasteiger partial charge in [0.25, 0.3) is 5.91 Å². The highest BCUT2D eigenvalue weighted by atomic mass is 16.2. The first-order valence-electron chi connectivity index (χ1n) is 12.9. The molecule has 1 aliphatic heterocycles. The van der Waals surface area contributed by atoms with Crippen LogP contribution in [0.25, 0.3) is 10.9 Å². The van der Waals surface area contributed by atoms with Crippen molar-refractivity contribution < 1.29 is 14.4 Å². The van der Waals surface area contributed by atoms with E-state index >= 15 is 0 Å². The predicted octanol–water partition coefficient (Wildman–Crippen LogP) is 3.49. The molecule has 8 nitrogen and oxygen atoms in total. The standard InChI is InChI=1S/C29H33N5O3/c1-17(30-4)28(36)32-27-18(2)34(19(3)35)26-12-8-7-11-25(26)33(29(27)37)16-23-21-9-5-6-10-24(21)31-15-22(23)20-13-14-20/h5-12,15,17-18,20,27,30H,13-14,16H2,1-4H3,(H,32,36)/t17?,18-,27-/m0/s1. The Balaban J connectivity index is 1.66. The van der Waals surface area contributed by atoms with Gasteiger partial charge in [0, 0.05) is 18.5 Å². The molecule has 0 saturated heterocycles. The van der Waals surface area contributed by atoms with Crippen LogP contribution in [-0.2, 0) is 20.9 Å². The summed E-state index contributed by atoms with van der Waals surface area (Å²) in [6.07, 6.45) is 4.16. The van der Waals surface area contributed by atoms with Crippen molar-refractivity contribution in [3.05, 3.63) is 65.9 Å². The van der Waals surface area contributed by atoms with E-state index < -0.39 is 18.1 Å². The maximum Gasteiger partial charge on any atom is 0.252 e. The first-order valence-corrected chi connectivity index (χ1v) is 12.9. The molecular weight excluding hydrogens is 466 g/mol. The van der Waals surface area contributed by atoms with Gasteiger partial charge in [0.05, 0.1) is 35.5 Å². The number of anilines is 2. The van der Waals surface area contributed by atoms with Crippen molar-refractivity contribution in [3.63, 3.8) is 0 Å². The van der Waals surface area contributed by atoms with Crippen LogP contribution in [-0.4, -0.2) is 47.9 Å². The van der Waals surface area contributed by atoms with Gasteiger partial charge in [-0.3, -0.25) is 19.4 Å². The number of carbonyl (C=O) groups is 3. The van der Waals surface area contributed by atoms with Crippen LogP contribution in [0.5, 0.6) is 0 Å². The third-order valence-electron chi connectivity index (χ3n) is 7.57. The molecule has 37 heavy (non-hydrogen) atoms. The molecule has 8 heteroatoms. The van der Waals surface area contributed by atoms with E-state index in [1.165, 1.54) is 6.92 Å². The van der Waals surface area contributed by atoms with Crippen LogP contribution < -0.4 is 20.4 Å². The summed E-state index contributed by atoms with van der Waals surface area (Å²) in [4.78, 5) is 48.2. The van der Waals surface area contributed by atoms with Gasteiger partial charge in [0.1, 0.15) is 6.04 Å². The Morgan fingerprint density at radius 1 is 1.08 bits per heavy atom. The molecule has 2 aliphatic rings. The van der Waals surface area contributed by atoms with Gasteiger partial charge in [-0.25, -0.2) is 0 Å². The number of likely N-dealkylation sites (N-methyl/N-ethyl adjacent to an activating group) is 1. The molecule has 3 aromatic rings. The minimum absolute atomic E-state index is 0.191. The number of benzene rings is 2. The molecule has 1 fully saturated rings. The van der Waals surface area contributed by atoms with Crippen LogP contribution >= 0.6 is 0 Å². The number of hydrogen-bond acceptors (Lipinski definition) is 5. The highest BCUT2D eigenvalue weighted by Crippen LogP contribution is 2.44. The van der Waals surface area contributed by atoms with E-state index in [1.807, 2.05) is 55.6 Å². The summed E-state index contributed by atoms with van der Waals surface area (Å²) < 4.78 is 0. The summed E-state index contributed by atoms with van der Waals surface area (Å²) >= 11 is 0. The average Bonchev–Trinajstić information content (AvgIpc) is 3.75. The van der Waals surface area contributed by atoms with Crippen molar-refractivity contribution in [3.8, 4) is 0 Å². The number of para-hydroxylation sites is 3. The van der Waals surface area contributed by atoms with Crippen LogP contribution in [0, 0.1) is 0 Å². The zero-order valence-electron chi connectivity index (χ0n) is 21.7. The molecule has 1 unspecified atom stereocenters. The Morgan fingerprint density at radius 3 is 2.43 bits per heavy atom. The summed E-state index contributed by atoms with van der Waals surface area (Å²) in [5, 5.41) is 6.87. The van der Waals surface area contributed by atoms with E-state index in [0.29, 0.717) is 23.8 Å². The number of pyridine rings is 1. The molecule has 1 aromatic heterocycles. The van der Waals surface area contributed by atoms with Crippen molar-refractivity contribution >= 4 is 40.0 Å². The van der Waals surface area contributed by atoms with Crippen molar-refractivity contribution in [2.75, 3.05) is 16.8 Å². The van der Waals surface area contributed by atoms with E-state index in [2.05, 4.69) is 21.7 Å². The molecule has 2 N–H and O–H groups in total. The second-order valence-electron chi connectivity index (χ2n) is 10.0. The number of nitrogens with zero attached hydrogens (tertiary/aromatic N) is 3. The van der Waals surface area contributed by atoms with Gasteiger partial charge in [0.15, 0.2) is 0 Å². The lowest BCUT2D eigenvalue weighted by atomic mass is 9.99. The second-order valence-corrected chi connectivity index (χ2v) is 10.0. The Kier molecular flexibility index (Phi) is 6.69. The zero-order valence-corrected chi connectivity index (χ0v) is 21.7. The molecule has 2 aromatic carbocycles. The van der Waals surface area contributed by atoms with Crippen molar-refractivity contribution in [1.82, 2.24) is 15.6 Å². The molecule has 1 aliphatic carbocycles. The molecule has 0 spiro atoms. The molecule has 192 valence electrons. The molecule has 5 rings (SSSR count). The van der Waals surface area contributed by atoms with E-state index in [0.717, 1.165) is 34.9 Å². The fourth-order valence-corrected chi connectivity index (χ4v) is 5.26. The first kappa shape index (κ1) is 24.9. The number of aromatic nitrogens is 1. The van der Waals surface area contributed by atoms with Crippen molar-refractivity contribution in [2.45, 2.75) is 64.2 Å². The Bertz CT molecular complexity index is 1370. The molecule has 3 atom stereocenters. The Hall–Kier alpha value is -3.78. The van der Waals surface area contributed by atoms with Crippen LogP contribution in [0.15, 0.2) is 54.7 Å². The lowest BCUT2D eigenvalue weighted by molar-refractivity contribution is -0.129. The maximum atomic E-state index is 14.3. The van der Waals surface area contributed by atoms with Crippen LogP contribution in [0.4, 0.5) is 11.4 Å². The topological polar surface area (TPSA) is 94.6 Å². The number of carbonyl (C=O) groups excluding carboxylic acids is 3. The van der Waals surface area contributed by atoms with E-state index in [9.17, 15) is 14.4 Å². The average molecular weight is 500 g/mol. The van der Waals surface area contributed by atoms with E-state index in [-0.39, 0.29) is 17.7 Å². The van der Waals surface area contributed by atoms with Crippen LogP contribution in [0.3, 0.4) is 0 Å². The summed E-state index contributed by atoms with van der Waals surface area (Å²) in [7, 11) is 1.70. The number of nitrogens with one attached hydrogen (secondary N) is 2. The minimum atomic E-state index is -0.919. The van der Waals surface area contributed by atoms with Gasteiger partial charge in [-0.1, -0.05) is 30.3 Å². The van der Waals surface area contributed by atoms with E-state index in [4.69, 9.17) is 0 Å². The summed E-state index contributed by atoms with van der Waals surface area (Å²) in [6, 6.07) is 13.5. The molecule has 0 radical (unpaired) electrons. The fourth-order valence-electron chi connectivity index (χ4n) is 5.26. The largest absolute Gasteiger partial charge is 0.341 e. The highest BCUT2D eigenvalue weighted by Gasteiger charge is 2.42. The zero-order chi connectivity index (χ0) is 26.3. The quantitative estimate of drug-likeness (QED) is 0.542.